The van der Waals surface area contributed by atoms with Gasteiger partial charge in [-0.1, -0.05) is 6.07 Å². The number of ether oxygens (including phenoxy) is 1. The van der Waals surface area contributed by atoms with Crippen LogP contribution in [0.25, 0.3) is 0 Å². The van der Waals surface area contributed by atoms with Gasteiger partial charge in [0.05, 0.1) is 16.6 Å². The van der Waals surface area contributed by atoms with Crippen LogP contribution in [0.1, 0.15) is 24.2 Å². The highest BCUT2D eigenvalue weighted by molar-refractivity contribution is 9.10. The van der Waals surface area contributed by atoms with Crippen molar-refractivity contribution < 1.29 is 14.3 Å². The molecule has 0 aliphatic carbocycles. The first kappa shape index (κ1) is 14.5. The Kier molecular flexibility index (Phi) is 5.15. The number of nitrogens with one attached hydrogen (secondary N) is 1. The van der Waals surface area contributed by atoms with E-state index in [0.29, 0.717) is 15.7 Å². The van der Waals surface area contributed by atoms with Gasteiger partial charge in [0.15, 0.2) is 0 Å². The van der Waals surface area contributed by atoms with Gasteiger partial charge in [-0.3, -0.25) is 4.79 Å². The van der Waals surface area contributed by atoms with Crippen LogP contribution in [-0.2, 0) is 9.53 Å². The Bertz CT molecular complexity index is 463. The molecule has 1 unspecified atom stereocenters. The maximum Gasteiger partial charge on any atom is 0.328 e. The van der Waals surface area contributed by atoms with Crippen molar-refractivity contribution >= 4 is 33.5 Å². The Hall–Kier alpha value is -1.56. The summed E-state index contributed by atoms with van der Waals surface area (Å²) in [6.07, 6.45) is 0. The van der Waals surface area contributed by atoms with Crippen molar-refractivity contribution in [3.63, 3.8) is 0 Å². The minimum atomic E-state index is -0.703. The van der Waals surface area contributed by atoms with Crippen LogP contribution < -0.4 is 11.1 Å². The molecule has 0 bridgehead atoms. The van der Waals surface area contributed by atoms with Crippen molar-refractivity contribution in [2.24, 2.45) is 0 Å². The molecule has 1 aromatic rings. The molecule has 1 rings (SSSR count). The number of carbonyl (C=O) groups excluding carboxylic acids is 2. The molecular weight excluding hydrogens is 300 g/mol. The van der Waals surface area contributed by atoms with Crippen molar-refractivity contribution in [2.75, 3.05) is 12.3 Å². The van der Waals surface area contributed by atoms with E-state index in [1.54, 1.807) is 32.0 Å². The molecule has 0 saturated heterocycles. The third-order valence-electron chi connectivity index (χ3n) is 2.26. The first-order chi connectivity index (χ1) is 8.47. The maximum absolute atomic E-state index is 11.9. The van der Waals surface area contributed by atoms with Gasteiger partial charge in [0, 0.05) is 5.69 Å². The molecule has 18 heavy (non-hydrogen) atoms. The zero-order chi connectivity index (χ0) is 13.7. The van der Waals surface area contributed by atoms with Gasteiger partial charge in [-0.25, -0.2) is 4.79 Å². The van der Waals surface area contributed by atoms with E-state index in [1.807, 2.05) is 0 Å². The zero-order valence-electron chi connectivity index (χ0n) is 10.2. The minimum Gasteiger partial charge on any atom is -0.464 e. The van der Waals surface area contributed by atoms with E-state index in [9.17, 15) is 9.59 Å². The summed E-state index contributed by atoms with van der Waals surface area (Å²) >= 11 is 3.24. The number of nitrogen functional groups attached to an aromatic ring is 1. The van der Waals surface area contributed by atoms with Gasteiger partial charge in [0.2, 0.25) is 0 Å². The summed E-state index contributed by atoms with van der Waals surface area (Å²) in [5.74, 6) is -0.847. The number of benzene rings is 1. The molecule has 0 heterocycles. The third kappa shape index (κ3) is 3.46. The minimum absolute atomic E-state index is 0.279. The van der Waals surface area contributed by atoms with Gasteiger partial charge in [0.25, 0.3) is 5.91 Å². The molecule has 1 aromatic carbocycles. The van der Waals surface area contributed by atoms with Gasteiger partial charge < -0.3 is 15.8 Å². The molecule has 0 aliphatic heterocycles. The Balaban J connectivity index is 2.77. The lowest BCUT2D eigenvalue weighted by molar-refractivity contribution is -0.144. The molecule has 0 radical (unpaired) electrons. The Labute approximate surface area is 114 Å². The predicted octanol–water partition coefficient (Wildman–Crippen LogP) is 1.71. The monoisotopic (exact) mass is 314 g/mol. The molecule has 0 spiro atoms. The average molecular weight is 315 g/mol. The van der Waals surface area contributed by atoms with Crippen LogP contribution in [0.4, 0.5) is 5.69 Å². The van der Waals surface area contributed by atoms with Crippen LogP contribution >= 0.6 is 15.9 Å². The van der Waals surface area contributed by atoms with Crippen LogP contribution in [0.3, 0.4) is 0 Å². The first-order valence-electron chi connectivity index (χ1n) is 5.48. The van der Waals surface area contributed by atoms with E-state index in [0.717, 1.165) is 0 Å². The van der Waals surface area contributed by atoms with Crippen molar-refractivity contribution in [3.05, 3.63) is 28.2 Å². The third-order valence-corrected chi connectivity index (χ3v) is 3.15. The highest BCUT2D eigenvalue weighted by atomic mass is 79.9. The molecule has 0 saturated carbocycles. The molecule has 0 aromatic heterocycles. The van der Waals surface area contributed by atoms with Crippen molar-refractivity contribution in [3.8, 4) is 0 Å². The van der Waals surface area contributed by atoms with Gasteiger partial charge in [-0.05, 0) is 41.9 Å². The number of rotatable bonds is 4. The SMILES string of the molecule is CCOC(=O)C(C)NC(=O)c1cccc(N)c1Br. The Morgan fingerprint density at radius 3 is 2.78 bits per heavy atom. The fraction of sp³-hybridized carbons (Fsp3) is 0.333. The molecule has 98 valence electrons. The van der Waals surface area contributed by atoms with Crippen molar-refractivity contribution in [1.82, 2.24) is 5.32 Å². The van der Waals surface area contributed by atoms with Crippen LogP contribution in [-0.4, -0.2) is 24.5 Å². The fourth-order valence-electron chi connectivity index (χ4n) is 1.33. The molecular formula is C12H15BrN2O3. The summed E-state index contributed by atoms with van der Waals surface area (Å²) in [5.41, 5.74) is 6.52. The van der Waals surface area contributed by atoms with E-state index in [2.05, 4.69) is 21.2 Å². The number of anilines is 1. The number of amides is 1. The van der Waals surface area contributed by atoms with Gasteiger partial charge >= 0.3 is 5.97 Å². The van der Waals surface area contributed by atoms with E-state index in [-0.39, 0.29) is 12.5 Å². The van der Waals surface area contributed by atoms with Crippen LogP contribution in [0, 0.1) is 0 Å². The standard InChI is InChI=1S/C12H15BrN2O3/c1-3-18-12(17)7(2)15-11(16)8-5-4-6-9(14)10(8)13/h4-7H,3,14H2,1-2H3,(H,15,16). The van der Waals surface area contributed by atoms with E-state index in [4.69, 9.17) is 10.5 Å². The largest absolute Gasteiger partial charge is 0.464 e. The number of carbonyl (C=O) groups is 2. The second-order valence-electron chi connectivity index (χ2n) is 3.66. The molecule has 6 heteroatoms. The maximum atomic E-state index is 11.9. The lowest BCUT2D eigenvalue weighted by Crippen LogP contribution is -2.39. The summed E-state index contributed by atoms with van der Waals surface area (Å²) in [4.78, 5) is 23.3. The van der Waals surface area contributed by atoms with Crippen molar-refractivity contribution in [1.29, 1.82) is 0 Å². The number of hydrogen-bond acceptors (Lipinski definition) is 4. The molecule has 1 amide bonds. The molecule has 0 aliphatic rings. The fourth-order valence-corrected chi connectivity index (χ4v) is 1.77. The van der Waals surface area contributed by atoms with E-state index in [1.165, 1.54) is 0 Å². The normalized spacial score (nSPS) is 11.7. The average Bonchev–Trinajstić information content (AvgIpc) is 2.32. The molecule has 3 N–H and O–H groups in total. The van der Waals surface area contributed by atoms with E-state index >= 15 is 0 Å². The van der Waals surface area contributed by atoms with Gasteiger partial charge in [-0.15, -0.1) is 0 Å². The van der Waals surface area contributed by atoms with Gasteiger partial charge in [0.1, 0.15) is 6.04 Å². The first-order valence-corrected chi connectivity index (χ1v) is 6.28. The molecule has 1 atom stereocenters. The van der Waals surface area contributed by atoms with Crippen LogP contribution in [0.15, 0.2) is 22.7 Å². The summed E-state index contributed by atoms with van der Waals surface area (Å²) in [6, 6.07) is 4.26. The number of hydrogen-bond donors (Lipinski definition) is 2. The molecule has 0 fully saturated rings. The summed E-state index contributed by atoms with van der Waals surface area (Å²) in [7, 11) is 0. The second kappa shape index (κ2) is 6.39. The Morgan fingerprint density at radius 2 is 2.17 bits per heavy atom. The van der Waals surface area contributed by atoms with Crippen LogP contribution in [0.5, 0.6) is 0 Å². The highest BCUT2D eigenvalue weighted by Gasteiger charge is 2.19. The highest BCUT2D eigenvalue weighted by Crippen LogP contribution is 2.23. The lowest BCUT2D eigenvalue weighted by atomic mass is 10.2. The summed E-state index contributed by atoms with van der Waals surface area (Å²) in [6.45, 7) is 3.55. The second-order valence-corrected chi connectivity index (χ2v) is 4.45. The predicted molar refractivity (Wildman–Crippen MR) is 72.1 cm³/mol. The topological polar surface area (TPSA) is 81.4 Å². The Morgan fingerprint density at radius 1 is 1.50 bits per heavy atom. The zero-order valence-corrected chi connectivity index (χ0v) is 11.8. The van der Waals surface area contributed by atoms with Gasteiger partial charge in [-0.2, -0.15) is 0 Å². The number of nitrogens with two attached hydrogens (primary N) is 1. The summed E-state index contributed by atoms with van der Waals surface area (Å²) < 4.78 is 5.32. The molecule has 5 nitrogen and oxygen atoms in total. The summed E-state index contributed by atoms with van der Waals surface area (Å²) in [5, 5.41) is 2.55. The quantitative estimate of drug-likeness (QED) is 0.655. The lowest BCUT2D eigenvalue weighted by Gasteiger charge is -2.13. The number of esters is 1. The number of halogens is 1. The van der Waals surface area contributed by atoms with Crippen LogP contribution in [0.2, 0.25) is 0 Å². The smallest absolute Gasteiger partial charge is 0.328 e. The van der Waals surface area contributed by atoms with Crippen molar-refractivity contribution in [2.45, 2.75) is 19.9 Å². The van der Waals surface area contributed by atoms with E-state index < -0.39 is 12.0 Å².